The van der Waals surface area contributed by atoms with Gasteiger partial charge in [0.25, 0.3) is 0 Å². The van der Waals surface area contributed by atoms with Crippen molar-refractivity contribution < 1.29 is 20.7 Å². The molecule has 1 rings (SSSR count). The van der Waals surface area contributed by atoms with Crippen LogP contribution in [0, 0.1) is 0 Å². The maximum atomic E-state index is 12.9. The van der Waals surface area contributed by atoms with Gasteiger partial charge in [0.1, 0.15) is 0 Å². The molecule has 20 heavy (non-hydrogen) atoms. The molecule has 114 valence electrons. The van der Waals surface area contributed by atoms with Crippen molar-refractivity contribution in [2.24, 2.45) is 0 Å². The van der Waals surface area contributed by atoms with Crippen molar-refractivity contribution in [1.29, 1.82) is 0 Å². The van der Waals surface area contributed by atoms with E-state index >= 15 is 0 Å². The second-order valence-electron chi connectivity index (χ2n) is 4.70. The van der Waals surface area contributed by atoms with Crippen LogP contribution in [-0.4, -0.2) is 48.4 Å². The van der Waals surface area contributed by atoms with E-state index in [2.05, 4.69) is 4.72 Å². The number of hydrogen-bond donors (Lipinski definition) is 1. The number of nitrogens with zero attached hydrogens (tertiary/aromatic N) is 1. The number of hydrogen-bond acceptors (Lipinski definition) is 5. The van der Waals surface area contributed by atoms with E-state index in [1.165, 1.54) is 12.1 Å². The van der Waals surface area contributed by atoms with E-state index in [0.29, 0.717) is 6.54 Å². The quantitative estimate of drug-likeness (QED) is 0.774. The van der Waals surface area contributed by atoms with Crippen LogP contribution in [-0.2, 0) is 20.2 Å². The number of benzene rings is 1. The lowest BCUT2D eigenvalue weighted by molar-refractivity contribution is 0.370. The van der Waals surface area contributed by atoms with Crippen LogP contribution < -0.4 is 4.72 Å². The van der Waals surface area contributed by atoms with Gasteiger partial charge in [-0.3, -0.25) is 0 Å². The minimum Gasteiger partial charge on any atom is -0.308 e. The van der Waals surface area contributed by atoms with Crippen molar-refractivity contribution in [3.8, 4) is 0 Å². The van der Waals surface area contributed by atoms with Crippen LogP contribution >= 0.6 is 0 Å². The second-order valence-corrected chi connectivity index (χ2v) is 7.76. The molecule has 1 aromatic carbocycles. The fraction of sp³-hybridized carbons (Fsp3) is 0.455. The van der Waals surface area contributed by atoms with Gasteiger partial charge < -0.3 is 4.90 Å². The molecule has 0 saturated carbocycles. The molecular weight excluding hydrogens is 307 g/mol. The van der Waals surface area contributed by atoms with Gasteiger partial charge in [0.15, 0.2) is 0 Å². The summed E-state index contributed by atoms with van der Waals surface area (Å²) in [5.41, 5.74) is 0. The van der Waals surface area contributed by atoms with Crippen LogP contribution in [0.2, 0.25) is 0 Å². The Morgan fingerprint density at radius 1 is 1.20 bits per heavy atom. The summed E-state index contributed by atoms with van der Waals surface area (Å²) in [7, 11) is -5.24. The fourth-order valence-corrected chi connectivity index (χ4v) is 3.57. The summed E-state index contributed by atoms with van der Waals surface area (Å²) in [5.74, 6) is 0. The Bertz CT molecular complexity index is 671. The van der Waals surface area contributed by atoms with Crippen LogP contribution in [0.1, 0.15) is 6.92 Å². The Labute approximate surface area is 118 Å². The van der Waals surface area contributed by atoms with Crippen molar-refractivity contribution in [1.82, 2.24) is 9.62 Å². The van der Waals surface area contributed by atoms with Gasteiger partial charge in [-0.25, -0.2) is 13.1 Å². The number of sulfonamides is 1. The average Bonchev–Trinajstić information content (AvgIpc) is 2.26. The Kier molecular flexibility index (Phi) is 5.25. The predicted molar refractivity (Wildman–Crippen MR) is 73.1 cm³/mol. The molecule has 0 saturated heterocycles. The fourth-order valence-electron chi connectivity index (χ4n) is 1.71. The molecule has 0 spiro atoms. The highest BCUT2D eigenvalue weighted by atomic mass is 32.3. The highest BCUT2D eigenvalue weighted by Crippen LogP contribution is 2.17. The van der Waals surface area contributed by atoms with Crippen molar-refractivity contribution in [3.63, 3.8) is 0 Å². The molecule has 1 aromatic rings. The number of nitrogens with one attached hydrogen (secondary N) is 1. The van der Waals surface area contributed by atoms with Gasteiger partial charge in [-0.15, -0.1) is 3.89 Å². The first-order valence-electron chi connectivity index (χ1n) is 5.74. The first-order valence-corrected chi connectivity index (χ1v) is 8.61. The first-order chi connectivity index (χ1) is 9.02. The molecule has 1 atom stereocenters. The number of likely N-dealkylation sites (N-methyl/N-ethyl adjacent to an activating group) is 1. The van der Waals surface area contributed by atoms with E-state index in [1.54, 1.807) is 25.9 Å². The van der Waals surface area contributed by atoms with Gasteiger partial charge in [0.05, 0.1) is 9.79 Å². The average molecular weight is 324 g/mol. The lowest BCUT2D eigenvalue weighted by Crippen LogP contribution is -2.39. The molecule has 0 bridgehead atoms. The maximum Gasteiger partial charge on any atom is 0.332 e. The van der Waals surface area contributed by atoms with E-state index in [-0.39, 0.29) is 10.9 Å². The highest BCUT2D eigenvalue weighted by Gasteiger charge is 2.20. The molecule has 1 N–H and O–H groups in total. The van der Waals surface area contributed by atoms with E-state index in [1.807, 2.05) is 0 Å². The molecule has 0 aliphatic rings. The molecular formula is C11H17FN2O4S2. The third kappa shape index (κ3) is 4.82. The summed E-state index contributed by atoms with van der Waals surface area (Å²) < 4.78 is 61.0. The zero-order chi connectivity index (χ0) is 15.6. The van der Waals surface area contributed by atoms with Crippen molar-refractivity contribution in [2.45, 2.75) is 22.8 Å². The predicted octanol–water partition coefficient (Wildman–Crippen LogP) is 0.573. The normalized spacial score (nSPS) is 14.4. The maximum absolute atomic E-state index is 12.9. The molecule has 0 aliphatic carbocycles. The summed E-state index contributed by atoms with van der Waals surface area (Å²) >= 11 is 0. The molecule has 0 fully saturated rings. The van der Waals surface area contributed by atoms with E-state index in [9.17, 15) is 20.7 Å². The van der Waals surface area contributed by atoms with Gasteiger partial charge in [-0.1, -0.05) is 6.07 Å². The van der Waals surface area contributed by atoms with Gasteiger partial charge in [0.2, 0.25) is 10.0 Å². The van der Waals surface area contributed by atoms with Crippen molar-refractivity contribution >= 4 is 20.2 Å². The SMILES string of the molecule is CC(CN(C)C)NS(=O)(=O)c1cccc(S(=O)(=O)F)c1. The first kappa shape index (κ1) is 17.0. The zero-order valence-corrected chi connectivity index (χ0v) is 13.0. The smallest absolute Gasteiger partial charge is 0.308 e. The minimum atomic E-state index is -4.93. The van der Waals surface area contributed by atoms with E-state index in [0.717, 1.165) is 12.1 Å². The van der Waals surface area contributed by atoms with Crippen LogP contribution in [0.4, 0.5) is 3.89 Å². The third-order valence-electron chi connectivity index (χ3n) is 2.39. The van der Waals surface area contributed by atoms with E-state index in [4.69, 9.17) is 0 Å². The zero-order valence-electron chi connectivity index (χ0n) is 11.4. The summed E-state index contributed by atoms with van der Waals surface area (Å²) in [6, 6.07) is 3.80. The van der Waals surface area contributed by atoms with Crippen LogP contribution in [0.15, 0.2) is 34.1 Å². The van der Waals surface area contributed by atoms with Gasteiger partial charge in [0, 0.05) is 12.6 Å². The molecule has 0 aromatic heterocycles. The third-order valence-corrected chi connectivity index (χ3v) is 4.80. The topological polar surface area (TPSA) is 83.6 Å². The highest BCUT2D eigenvalue weighted by molar-refractivity contribution is 7.89. The van der Waals surface area contributed by atoms with Crippen LogP contribution in [0.5, 0.6) is 0 Å². The Balaban J connectivity index is 3.05. The summed E-state index contributed by atoms with van der Waals surface area (Å²) in [4.78, 5) is 0.831. The largest absolute Gasteiger partial charge is 0.332 e. The lowest BCUT2D eigenvalue weighted by Gasteiger charge is -2.18. The second kappa shape index (κ2) is 6.17. The molecule has 1 unspecified atom stereocenters. The molecule has 0 aliphatic heterocycles. The van der Waals surface area contributed by atoms with Crippen LogP contribution in [0.25, 0.3) is 0 Å². The monoisotopic (exact) mass is 324 g/mol. The standard InChI is InChI=1S/C11H17FN2O4S2/c1-9(8-14(2)3)13-20(17,18)11-6-4-5-10(7-11)19(12,15)16/h4-7,9,13H,8H2,1-3H3. The molecule has 9 heteroatoms. The summed E-state index contributed by atoms with van der Waals surface area (Å²) in [6.45, 7) is 2.15. The van der Waals surface area contributed by atoms with Crippen molar-refractivity contribution in [3.05, 3.63) is 24.3 Å². The van der Waals surface area contributed by atoms with E-state index < -0.39 is 25.1 Å². The van der Waals surface area contributed by atoms with Crippen LogP contribution in [0.3, 0.4) is 0 Å². The molecule has 0 heterocycles. The number of halogens is 1. The molecule has 0 amide bonds. The van der Waals surface area contributed by atoms with Gasteiger partial charge >= 0.3 is 10.2 Å². The Morgan fingerprint density at radius 3 is 2.25 bits per heavy atom. The Morgan fingerprint density at radius 2 is 1.75 bits per heavy atom. The van der Waals surface area contributed by atoms with Gasteiger partial charge in [-0.05, 0) is 39.2 Å². The molecule has 6 nitrogen and oxygen atoms in total. The summed E-state index contributed by atoms with van der Waals surface area (Å²) in [6.07, 6.45) is 0. The Hall–Kier alpha value is -1.03. The number of rotatable bonds is 6. The molecule has 0 radical (unpaired) electrons. The lowest BCUT2D eigenvalue weighted by atomic mass is 10.3. The minimum absolute atomic E-state index is 0.290. The summed E-state index contributed by atoms with van der Waals surface area (Å²) in [5, 5.41) is 0. The van der Waals surface area contributed by atoms with Crippen molar-refractivity contribution in [2.75, 3.05) is 20.6 Å². The van der Waals surface area contributed by atoms with Gasteiger partial charge in [-0.2, -0.15) is 8.42 Å².